The quantitative estimate of drug-likeness (QED) is 0.599. The Balaban J connectivity index is 2.57. The summed E-state index contributed by atoms with van der Waals surface area (Å²) in [6.45, 7) is 7.03. The summed E-state index contributed by atoms with van der Waals surface area (Å²) in [4.78, 5) is 0. The summed E-state index contributed by atoms with van der Waals surface area (Å²) in [7, 11) is 0. The lowest BCUT2D eigenvalue weighted by molar-refractivity contribution is 0.187. The highest BCUT2D eigenvalue weighted by molar-refractivity contribution is 9.10. The van der Waals surface area contributed by atoms with Gasteiger partial charge in [-0.25, -0.2) is 0 Å². The van der Waals surface area contributed by atoms with E-state index in [1.807, 2.05) is 12.1 Å². The van der Waals surface area contributed by atoms with Crippen LogP contribution in [-0.2, 0) is 5.41 Å². The Bertz CT molecular complexity index is 411. The van der Waals surface area contributed by atoms with Crippen molar-refractivity contribution >= 4 is 27.5 Å². The molecule has 0 nitrogen and oxygen atoms in total. The van der Waals surface area contributed by atoms with Crippen molar-refractivity contribution in [3.05, 3.63) is 33.3 Å². The molecule has 0 saturated heterocycles. The van der Waals surface area contributed by atoms with Crippen molar-refractivity contribution in [2.24, 2.45) is 5.41 Å². The van der Waals surface area contributed by atoms with Crippen LogP contribution < -0.4 is 0 Å². The van der Waals surface area contributed by atoms with Gasteiger partial charge in [0.25, 0.3) is 0 Å². The van der Waals surface area contributed by atoms with Gasteiger partial charge in [-0.1, -0.05) is 61.1 Å². The largest absolute Gasteiger partial charge is 0.0840 e. The first-order valence-corrected chi connectivity index (χ1v) is 7.49. The maximum atomic E-state index is 6.45. The second kappa shape index (κ2) is 4.59. The van der Waals surface area contributed by atoms with Crippen LogP contribution in [0.15, 0.2) is 22.7 Å². The van der Waals surface area contributed by atoms with Crippen molar-refractivity contribution in [3.63, 3.8) is 0 Å². The van der Waals surface area contributed by atoms with E-state index in [2.05, 4.69) is 42.8 Å². The van der Waals surface area contributed by atoms with Gasteiger partial charge >= 0.3 is 0 Å². The number of benzene rings is 1. The molecule has 0 unspecified atom stereocenters. The molecule has 17 heavy (non-hydrogen) atoms. The second-order valence-corrected chi connectivity index (χ2v) is 7.49. The fraction of sp³-hybridized carbons (Fsp3) is 0.600. The van der Waals surface area contributed by atoms with Crippen LogP contribution in [0.3, 0.4) is 0 Å². The minimum absolute atomic E-state index is 0.244. The average Bonchev–Trinajstić information content (AvgIpc) is 2.71. The number of hydrogen-bond acceptors (Lipinski definition) is 0. The maximum Gasteiger partial charge on any atom is 0.0444 e. The summed E-state index contributed by atoms with van der Waals surface area (Å²) in [6.07, 6.45) is 5.15. The highest BCUT2D eigenvalue weighted by atomic mass is 79.9. The van der Waals surface area contributed by atoms with Crippen LogP contribution >= 0.6 is 27.5 Å². The minimum atomic E-state index is 0.244. The van der Waals surface area contributed by atoms with E-state index >= 15 is 0 Å². The number of halogens is 2. The Morgan fingerprint density at radius 1 is 1.18 bits per heavy atom. The summed E-state index contributed by atoms with van der Waals surface area (Å²) >= 11 is 10.0. The Kier molecular flexibility index (Phi) is 3.62. The van der Waals surface area contributed by atoms with E-state index in [9.17, 15) is 0 Å². The molecular weight excluding hydrogens is 296 g/mol. The van der Waals surface area contributed by atoms with Gasteiger partial charge < -0.3 is 0 Å². The molecule has 2 rings (SSSR count). The van der Waals surface area contributed by atoms with Crippen LogP contribution in [0, 0.1) is 5.41 Å². The van der Waals surface area contributed by atoms with Crippen molar-refractivity contribution in [1.29, 1.82) is 0 Å². The zero-order valence-electron chi connectivity index (χ0n) is 10.8. The molecule has 1 aliphatic carbocycles. The van der Waals surface area contributed by atoms with Crippen molar-refractivity contribution in [3.8, 4) is 0 Å². The van der Waals surface area contributed by atoms with Gasteiger partial charge in [-0.2, -0.15) is 0 Å². The second-order valence-electron chi connectivity index (χ2n) is 6.16. The fourth-order valence-electron chi connectivity index (χ4n) is 3.27. The Labute approximate surface area is 118 Å². The average molecular weight is 316 g/mol. The highest BCUT2D eigenvalue weighted by Gasteiger charge is 2.46. The summed E-state index contributed by atoms with van der Waals surface area (Å²) in [5.74, 6) is 0. The number of hydrogen-bond donors (Lipinski definition) is 0. The standard InChI is InChI=1S/C15H20BrCl/c1-14(2,3)15(8-4-5-9-15)12-10-11(16)6-7-13(12)17/h6-7,10H,4-5,8-9H2,1-3H3. The van der Waals surface area contributed by atoms with Gasteiger partial charge in [-0.15, -0.1) is 0 Å². The Hall–Kier alpha value is -0.0100. The molecule has 0 spiro atoms. The Morgan fingerprint density at radius 3 is 2.29 bits per heavy atom. The van der Waals surface area contributed by atoms with Gasteiger partial charge in [-0.05, 0) is 42.0 Å². The van der Waals surface area contributed by atoms with E-state index in [-0.39, 0.29) is 10.8 Å². The van der Waals surface area contributed by atoms with Crippen molar-refractivity contribution in [2.45, 2.75) is 51.9 Å². The Morgan fingerprint density at radius 2 is 1.76 bits per heavy atom. The molecule has 1 fully saturated rings. The third-order valence-corrected chi connectivity index (χ3v) is 5.16. The SMILES string of the molecule is CC(C)(C)C1(c2cc(Br)ccc2Cl)CCCC1. The van der Waals surface area contributed by atoms with Crippen molar-refractivity contribution < 1.29 is 0 Å². The molecule has 0 amide bonds. The zero-order valence-corrected chi connectivity index (χ0v) is 13.2. The lowest BCUT2D eigenvalue weighted by Crippen LogP contribution is -2.37. The minimum Gasteiger partial charge on any atom is -0.0840 e. The predicted molar refractivity (Wildman–Crippen MR) is 78.8 cm³/mol. The molecule has 0 aliphatic heterocycles. The monoisotopic (exact) mass is 314 g/mol. The van der Waals surface area contributed by atoms with E-state index in [1.165, 1.54) is 31.2 Å². The van der Waals surface area contributed by atoms with Gasteiger partial charge in [0, 0.05) is 14.9 Å². The maximum absolute atomic E-state index is 6.45. The van der Waals surface area contributed by atoms with Crippen LogP contribution in [0.1, 0.15) is 52.0 Å². The molecule has 0 heterocycles. The number of rotatable bonds is 1. The lowest BCUT2D eigenvalue weighted by atomic mass is 9.61. The van der Waals surface area contributed by atoms with Gasteiger partial charge in [0.2, 0.25) is 0 Å². The zero-order chi connectivity index (χ0) is 12.7. The van der Waals surface area contributed by atoms with Gasteiger partial charge in [0.15, 0.2) is 0 Å². The van der Waals surface area contributed by atoms with E-state index < -0.39 is 0 Å². The molecule has 1 aromatic carbocycles. The van der Waals surface area contributed by atoms with Crippen LogP contribution in [0.5, 0.6) is 0 Å². The molecule has 94 valence electrons. The van der Waals surface area contributed by atoms with E-state index in [1.54, 1.807) is 0 Å². The third-order valence-electron chi connectivity index (χ3n) is 4.34. The molecule has 0 bridgehead atoms. The fourth-order valence-corrected chi connectivity index (χ4v) is 3.93. The van der Waals surface area contributed by atoms with Crippen molar-refractivity contribution in [2.75, 3.05) is 0 Å². The molecule has 0 radical (unpaired) electrons. The molecule has 1 aliphatic rings. The smallest absolute Gasteiger partial charge is 0.0444 e. The van der Waals surface area contributed by atoms with Crippen molar-refractivity contribution in [1.82, 2.24) is 0 Å². The third kappa shape index (κ3) is 2.29. The highest BCUT2D eigenvalue weighted by Crippen LogP contribution is 2.54. The normalized spacial score (nSPS) is 19.6. The van der Waals surface area contributed by atoms with Gasteiger partial charge in [0.05, 0.1) is 0 Å². The molecule has 2 heteroatoms. The molecular formula is C15H20BrCl. The topological polar surface area (TPSA) is 0 Å². The lowest BCUT2D eigenvalue weighted by Gasteiger charge is -2.43. The summed E-state index contributed by atoms with van der Waals surface area (Å²) in [5.41, 5.74) is 1.83. The van der Waals surface area contributed by atoms with E-state index in [0.29, 0.717) is 0 Å². The van der Waals surface area contributed by atoms with E-state index in [4.69, 9.17) is 11.6 Å². The predicted octanol–water partition coefficient (Wildman–Crippen LogP) is 5.96. The van der Waals surface area contributed by atoms with Gasteiger partial charge in [0.1, 0.15) is 0 Å². The molecule has 0 atom stereocenters. The first-order chi connectivity index (χ1) is 7.87. The van der Waals surface area contributed by atoms with Crippen LogP contribution in [0.4, 0.5) is 0 Å². The van der Waals surface area contributed by atoms with Crippen LogP contribution in [-0.4, -0.2) is 0 Å². The first kappa shape index (κ1) is 13.4. The molecule has 1 aromatic rings. The van der Waals surface area contributed by atoms with Crippen LogP contribution in [0.25, 0.3) is 0 Å². The summed E-state index contributed by atoms with van der Waals surface area (Å²) in [6, 6.07) is 6.27. The molecule has 0 aromatic heterocycles. The van der Waals surface area contributed by atoms with E-state index in [0.717, 1.165) is 9.50 Å². The first-order valence-electron chi connectivity index (χ1n) is 6.32. The molecule has 0 N–H and O–H groups in total. The molecule has 1 saturated carbocycles. The van der Waals surface area contributed by atoms with Crippen LogP contribution in [0.2, 0.25) is 5.02 Å². The summed E-state index contributed by atoms with van der Waals surface area (Å²) in [5, 5.41) is 0.921. The van der Waals surface area contributed by atoms with Gasteiger partial charge in [-0.3, -0.25) is 0 Å². The summed E-state index contributed by atoms with van der Waals surface area (Å²) < 4.78 is 1.13.